The maximum absolute atomic E-state index is 12.8. The Hall–Kier alpha value is -4.99. The molecule has 10 heteroatoms. The van der Waals surface area contributed by atoms with Gasteiger partial charge < -0.3 is 19.2 Å². The molecule has 0 atom stereocenters. The first kappa shape index (κ1) is 23.7. The van der Waals surface area contributed by atoms with Gasteiger partial charge in [0.15, 0.2) is 17.2 Å². The number of benzene rings is 2. The van der Waals surface area contributed by atoms with Gasteiger partial charge in [-0.25, -0.2) is 14.5 Å². The van der Waals surface area contributed by atoms with Crippen LogP contribution in [0, 0.1) is 20.8 Å². The molecule has 5 aromatic rings. The van der Waals surface area contributed by atoms with Crippen molar-refractivity contribution in [2.75, 3.05) is 12.4 Å². The Morgan fingerprint density at radius 2 is 1.78 bits per heavy atom. The molecule has 0 radical (unpaired) electrons. The Balaban J connectivity index is 1.33. The van der Waals surface area contributed by atoms with Gasteiger partial charge >= 0.3 is 5.63 Å². The lowest BCUT2D eigenvalue weighted by Crippen LogP contribution is -2.20. The number of carbonyl (C=O) groups is 1. The normalized spacial score (nSPS) is 10.9. The van der Waals surface area contributed by atoms with E-state index >= 15 is 0 Å². The molecule has 5 rings (SSSR count). The maximum Gasteiger partial charge on any atom is 0.349 e. The second-order valence-electron chi connectivity index (χ2n) is 8.36. The molecule has 0 saturated carbocycles. The molecule has 0 saturated heterocycles. The molecule has 0 aliphatic rings. The average Bonchev–Trinajstić information content (AvgIpc) is 3.21. The largest absolute Gasteiger partial charge is 0.493 e. The van der Waals surface area contributed by atoms with Crippen molar-refractivity contribution < 1.29 is 18.7 Å². The fourth-order valence-corrected chi connectivity index (χ4v) is 3.91. The molecular formula is C27H23N5O5. The molecule has 3 heterocycles. The Morgan fingerprint density at radius 1 is 1.00 bits per heavy atom. The number of aryl methyl sites for hydroxylation is 3. The molecule has 1 amide bonds. The highest BCUT2D eigenvalue weighted by atomic mass is 16.5. The predicted molar refractivity (Wildman–Crippen MR) is 137 cm³/mol. The maximum atomic E-state index is 12.8. The molecule has 0 aliphatic carbocycles. The second kappa shape index (κ2) is 9.57. The Morgan fingerprint density at radius 3 is 2.49 bits per heavy atom. The monoisotopic (exact) mass is 497 g/mol. The van der Waals surface area contributed by atoms with Gasteiger partial charge in [0.2, 0.25) is 5.88 Å². The molecule has 2 aromatic carbocycles. The van der Waals surface area contributed by atoms with Crippen LogP contribution in [0.2, 0.25) is 0 Å². The van der Waals surface area contributed by atoms with E-state index in [1.165, 1.54) is 13.2 Å². The lowest BCUT2D eigenvalue weighted by Gasteiger charge is -2.10. The molecular weight excluding hydrogens is 474 g/mol. The zero-order chi connectivity index (χ0) is 26.1. The molecule has 3 aromatic heterocycles. The number of nitrogens with one attached hydrogen (secondary N) is 1. The van der Waals surface area contributed by atoms with Crippen LogP contribution in [-0.2, 0) is 0 Å². The smallest absolute Gasteiger partial charge is 0.349 e. The summed E-state index contributed by atoms with van der Waals surface area (Å²) < 4.78 is 18.2. The number of rotatable bonds is 6. The van der Waals surface area contributed by atoms with Crippen molar-refractivity contribution in [3.63, 3.8) is 0 Å². The van der Waals surface area contributed by atoms with Gasteiger partial charge in [-0.05, 0) is 63.2 Å². The number of amides is 1. The minimum Gasteiger partial charge on any atom is -0.493 e. The lowest BCUT2D eigenvalue weighted by molar-refractivity contribution is 0.102. The number of nitrogens with zero attached hydrogens (tertiary/aromatic N) is 4. The van der Waals surface area contributed by atoms with Crippen molar-refractivity contribution >= 4 is 22.6 Å². The summed E-state index contributed by atoms with van der Waals surface area (Å²) in [6.45, 7) is 5.64. The van der Waals surface area contributed by atoms with E-state index in [0.29, 0.717) is 40.1 Å². The molecule has 1 N–H and O–H groups in total. The van der Waals surface area contributed by atoms with E-state index in [-0.39, 0.29) is 11.1 Å². The highest BCUT2D eigenvalue weighted by Gasteiger charge is 2.16. The summed E-state index contributed by atoms with van der Waals surface area (Å²) in [5.74, 6) is 1.83. The van der Waals surface area contributed by atoms with Crippen LogP contribution < -0.4 is 20.4 Å². The van der Waals surface area contributed by atoms with Gasteiger partial charge in [-0.1, -0.05) is 12.1 Å². The van der Waals surface area contributed by atoms with Gasteiger partial charge in [-0.2, -0.15) is 10.1 Å². The van der Waals surface area contributed by atoms with Crippen molar-refractivity contribution in [1.82, 2.24) is 19.7 Å². The van der Waals surface area contributed by atoms with Crippen LogP contribution in [0.5, 0.6) is 17.4 Å². The van der Waals surface area contributed by atoms with Crippen molar-refractivity contribution in [1.29, 1.82) is 0 Å². The highest BCUT2D eigenvalue weighted by molar-refractivity contribution is 6.05. The highest BCUT2D eigenvalue weighted by Crippen LogP contribution is 2.26. The van der Waals surface area contributed by atoms with Gasteiger partial charge in [0.25, 0.3) is 5.91 Å². The van der Waals surface area contributed by atoms with Crippen LogP contribution >= 0.6 is 0 Å². The fraction of sp³-hybridized carbons (Fsp3) is 0.148. The van der Waals surface area contributed by atoms with E-state index in [4.69, 9.17) is 13.9 Å². The Bertz CT molecular complexity index is 1690. The molecule has 10 nitrogen and oxygen atoms in total. The zero-order valence-corrected chi connectivity index (χ0v) is 20.6. The van der Waals surface area contributed by atoms with Crippen LogP contribution in [0.1, 0.15) is 27.6 Å². The summed E-state index contributed by atoms with van der Waals surface area (Å²) in [6, 6.07) is 17.0. The molecule has 0 fully saturated rings. The standard InChI is InChI=1S/C27H23N5O5/c1-15-12-16(2)32(31-15)23-14-24(29-17(3)28-23)36-20-10-8-19(9-11-20)30-26(33)21-13-18-6-5-7-22(35-4)25(18)37-27(21)34/h5-14H,1-4H3,(H,30,33). The van der Waals surface area contributed by atoms with Crippen molar-refractivity contribution in [3.8, 4) is 23.2 Å². The topological polar surface area (TPSA) is 121 Å². The minimum absolute atomic E-state index is 0.116. The summed E-state index contributed by atoms with van der Waals surface area (Å²) in [5, 5.41) is 7.75. The number of para-hydroxylation sites is 1. The molecule has 0 aliphatic heterocycles. The minimum atomic E-state index is -0.757. The number of ether oxygens (including phenoxy) is 2. The molecule has 186 valence electrons. The van der Waals surface area contributed by atoms with Crippen LogP contribution in [0.15, 0.2) is 69.9 Å². The summed E-state index contributed by atoms with van der Waals surface area (Å²) >= 11 is 0. The quantitative estimate of drug-likeness (QED) is 0.334. The SMILES string of the molecule is COc1cccc2cc(C(=O)Nc3ccc(Oc4cc(-n5nc(C)cc5C)nc(C)n4)cc3)c(=O)oc12. The summed E-state index contributed by atoms with van der Waals surface area (Å²) in [6.07, 6.45) is 0. The number of aromatic nitrogens is 4. The van der Waals surface area contributed by atoms with Gasteiger partial charge in [0.1, 0.15) is 17.1 Å². The molecule has 0 spiro atoms. The third-order valence-corrected chi connectivity index (χ3v) is 5.55. The van der Waals surface area contributed by atoms with Gasteiger partial charge in [0.05, 0.1) is 12.8 Å². The first-order valence-corrected chi connectivity index (χ1v) is 11.4. The summed E-state index contributed by atoms with van der Waals surface area (Å²) in [7, 11) is 1.48. The molecule has 0 unspecified atom stereocenters. The fourth-order valence-electron chi connectivity index (χ4n) is 3.91. The first-order valence-electron chi connectivity index (χ1n) is 11.4. The Kier molecular flexibility index (Phi) is 6.14. The van der Waals surface area contributed by atoms with Crippen LogP contribution in [0.25, 0.3) is 16.8 Å². The first-order chi connectivity index (χ1) is 17.8. The van der Waals surface area contributed by atoms with E-state index in [0.717, 1.165) is 11.4 Å². The van der Waals surface area contributed by atoms with Gasteiger partial charge in [0, 0.05) is 22.8 Å². The van der Waals surface area contributed by atoms with E-state index in [1.807, 2.05) is 19.9 Å². The number of carbonyl (C=O) groups excluding carboxylic acids is 1. The van der Waals surface area contributed by atoms with Crippen LogP contribution in [-0.4, -0.2) is 32.8 Å². The third kappa shape index (κ3) is 4.90. The average molecular weight is 498 g/mol. The van der Waals surface area contributed by atoms with Crippen molar-refractivity contribution in [2.45, 2.75) is 20.8 Å². The third-order valence-electron chi connectivity index (χ3n) is 5.55. The van der Waals surface area contributed by atoms with Gasteiger partial charge in [-0.3, -0.25) is 4.79 Å². The van der Waals surface area contributed by atoms with Gasteiger partial charge in [-0.15, -0.1) is 0 Å². The summed E-state index contributed by atoms with van der Waals surface area (Å²) in [4.78, 5) is 34.0. The number of anilines is 1. The summed E-state index contributed by atoms with van der Waals surface area (Å²) in [5.41, 5.74) is 1.72. The number of hydrogen-bond donors (Lipinski definition) is 1. The second-order valence-corrected chi connectivity index (χ2v) is 8.36. The van der Waals surface area contributed by atoms with E-state index in [9.17, 15) is 9.59 Å². The van der Waals surface area contributed by atoms with E-state index < -0.39 is 11.5 Å². The van der Waals surface area contributed by atoms with E-state index in [1.54, 1.807) is 60.1 Å². The predicted octanol–water partition coefficient (Wildman–Crippen LogP) is 4.75. The van der Waals surface area contributed by atoms with Crippen LogP contribution in [0.4, 0.5) is 5.69 Å². The molecule has 37 heavy (non-hydrogen) atoms. The number of methoxy groups -OCH3 is 1. The Labute approximate surface area is 211 Å². The molecule has 0 bridgehead atoms. The lowest BCUT2D eigenvalue weighted by atomic mass is 10.1. The van der Waals surface area contributed by atoms with Crippen molar-refractivity contribution in [2.24, 2.45) is 0 Å². The number of fused-ring (bicyclic) bond motifs is 1. The zero-order valence-electron chi connectivity index (χ0n) is 20.6. The van der Waals surface area contributed by atoms with Crippen molar-refractivity contribution in [3.05, 3.63) is 93.9 Å². The number of hydrogen-bond acceptors (Lipinski definition) is 8. The van der Waals surface area contributed by atoms with Crippen LogP contribution in [0.3, 0.4) is 0 Å². The van der Waals surface area contributed by atoms with E-state index in [2.05, 4.69) is 20.4 Å².